The number of aryl methyl sites for hydroxylation is 1. The molecule has 8 heteroatoms. The molecule has 1 fully saturated rings. The van der Waals surface area contributed by atoms with Gasteiger partial charge in [0, 0.05) is 19.2 Å². The number of carbonyl (C=O) groups is 1. The number of nitrogens with one attached hydrogen (secondary N) is 1. The Labute approximate surface area is 119 Å². The maximum absolute atomic E-state index is 12.6. The van der Waals surface area contributed by atoms with E-state index in [9.17, 15) is 18.0 Å². The van der Waals surface area contributed by atoms with Crippen LogP contribution in [-0.4, -0.2) is 21.9 Å². The van der Waals surface area contributed by atoms with Crippen LogP contribution >= 0.6 is 0 Å². The van der Waals surface area contributed by atoms with Gasteiger partial charge in [0.25, 0.3) is 0 Å². The van der Waals surface area contributed by atoms with Crippen molar-refractivity contribution in [1.29, 1.82) is 5.26 Å². The lowest BCUT2D eigenvalue weighted by Gasteiger charge is -2.28. The van der Waals surface area contributed by atoms with E-state index in [1.54, 1.807) is 7.05 Å². The molecule has 1 aliphatic carbocycles. The molecule has 0 atom stereocenters. The molecule has 5 nitrogen and oxygen atoms in total. The van der Waals surface area contributed by atoms with Crippen LogP contribution in [0.1, 0.15) is 31.2 Å². The molecule has 21 heavy (non-hydrogen) atoms. The molecule has 1 aliphatic rings. The molecule has 1 aromatic rings. The van der Waals surface area contributed by atoms with Gasteiger partial charge in [-0.25, -0.2) is 0 Å². The fourth-order valence-corrected chi connectivity index (χ4v) is 2.56. The first kappa shape index (κ1) is 15.4. The van der Waals surface area contributed by atoms with Crippen LogP contribution < -0.4 is 5.32 Å². The Bertz CT molecular complexity index is 565. The first-order valence-electron chi connectivity index (χ1n) is 6.62. The molecule has 1 aromatic heterocycles. The number of hydrogen-bond donors (Lipinski definition) is 1. The Morgan fingerprint density at radius 1 is 1.43 bits per heavy atom. The minimum atomic E-state index is -4.18. The Hall–Kier alpha value is -2.04. The summed E-state index contributed by atoms with van der Waals surface area (Å²) in [7, 11) is 1.62. The molecule has 1 heterocycles. The number of halogens is 3. The fourth-order valence-electron chi connectivity index (χ4n) is 2.56. The second-order valence-electron chi connectivity index (χ2n) is 5.26. The van der Waals surface area contributed by atoms with Crippen molar-refractivity contribution in [1.82, 2.24) is 9.78 Å². The van der Waals surface area contributed by atoms with Gasteiger partial charge in [-0.05, 0) is 25.7 Å². The second-order valence-corrected chi connectivity index (χ2v) is 5.26. The molecule has 0 aliphatic heterocycles. The van der Waals surface area contributed by atoms with Crippen LogP contribution in [0.3, 0.4) is 0 Å². The third-order valence-electron chi connectivity index (χ3n) is 3.75. The molecular weight excluding hydrogens is 285 g/mol. The summed E-state index contributed by atoms with van der Waals surface area (Å²) in [6, 6.07) is 1.90. The van der Waals surface area contributed by atoms with Crippen molar-refractivity contribution >= 4 is 11.7 Å². The van der Waals surface area contributed by atoms with Crippen LogP contribution in [0.5, 0.6) is 0 Å². The van der Waals surface area contributed by atoms with E-state index in [0.29, 0.717) is 0 Å². The van der Waals surface area contributed by atoms with Gasteiger partial charge in [0.2, 0.25) is 5.91 Å². The van der Waals surface area contributed by atoms with Gasteiger partial charge in [-0.3, -0.25) is 9.48 Å². The van der Waals surface area contributed by atoms with Gasteiger partial charge in [0.1, 0.15) is 11.6 Å². The van der Waals surface area contributed by atoms with Crippen LogP contribution in [-0.2, 0) is 11.8 Å². The smallest absolute Gasteiger partial charge is 0.308 e. The fraction of sp³-hybridized carbons (Fsp3) is 0.615. The Balaban J connectivity index is 1.95. The van der Waals surface area contributed by atoms with Crippen molar-refractivity contribution in [2.45, 2.75) is 31.9 Å². The van der Waals surface area contributed by atoms with Gasteiger partial charge in [-0.2, -0.15) is 23.5 Å². The Morgan fingerprint density at radius 3 is 2.57 bits per heavy atom. The van der Waals surface area contributed by atoms with Gasteiger partial charge in [-0.1, -0.05) is 0 Å². The van der Waals surface area contributed by atoms with Gasteiger partial charge in [0.15, 0.2) is 5.82 Å². The molecule has 0 radical (unpaired) electrons. The molecule has 0 bridgehead atoms. The Morgan fingerprint density at radius 2 is 2.05 bits per heavy atom. The number of anilines is 1. The Kier molecular flexibility index (Phi) is 4.21. The van der Waals surface area contributed by atoms with Crippen LogP contribution in [0.4, 0.5) is 19.0 Å². The highest BCUT2D eigenvalue weighted by Gasteiger charge is 2.42. The molecule has 0 saturated heterocycles. The normalized spacial score (nSPS) is 22.6. The molecule has 0 unspecified atom stereocenters. The van der Waals surface area contributed by atoms with Crippen molar-refractivity contribution in [3.05, 3.63) is 11.8 Å². The zero-order valence-electron chi connectivity index (χ0n) is 11.4. The summed E-state index contributed by atoms with van der Waals surface area (Å²) >= 11 is 0. The summed E-state index contributed by atoms with van der Waals surface area (Å²) in [5, 5.41) is 15.4. The van der Waals surface area contributed by atoms with Gasteiger partial charge < -0.3 is 5.32 Å². The summed E-state index contributed by atoms with van der Waals surface area (Å²) in [6.07, 6.45) is -2.38. The highest BCUT2D eigenvalue weighted by molar-refractivity contribution is 5.92. The van der Waals surface area contributed by atoms with Gasteiger partial charge >= 0.3 is 6.18 Å². The van der Waals surface area contributed by atoms with E-state index >= 15 is 0 Å². The van der Waals surface area contributed by atoms with E-state index in [4.69, 9.17) is 5.26 Å². The van der Waals surface area contributed by atoms with E-state index in [1.165, 1.54) is 10.9 Å². The number of hydrogen-bond acceptors (Lipinski definition) is 3. The van der Waals surface area contributed by atoms with E-state index in [-0.39, 0.29) is 43.0 Å². The molecule has 0 spiro atoms. The molecule has 1 saturated carbocycles. The van der Waals surface area contributed by atoms with Crippen LogP contribution in [0.2, 0.25) is 0 Å². The first-order valence-corrected chi connectivity index (χ1v) is 6.62. The summed E-state index contributed by atoms with van der Waals surface area (Å²) < 4.78 is 39.1. The van der Waals surface area contributed by atoms with Crippen molar-refractivity contribution in [3.8, 4) is 6.07 Å². The second kappa shape index (κ2) is 5.76. The summed E-state index contributed by atoms with van der Waals surface area (Å²) in [5.74, 6) is -1.99. The summed E-state index contributed by atoms with van der Waals surface area (Å²) in [6.45, 7) is 0. The van der Waals surface area contributed by atoms with Gasteiger partial charge in [0.05, 0.1) is 5.92 Å². The van der Waals surface area contributed by atoms with Gasteiger partial charge in [-0.15, -0.1) is 0 Å². The van der Waals surface area contributed by atoms with Crippen LogP contribution in [0, 0.1) is 23.2 Å². The number of amides is 1. The monoisotopic (exact) mass is 300 g/mol. The number of rotatable bonds is 2. The highest BCUT2D eigenvalue weighted by atomic mass is 19.4. The van der Waals surface area contributed by atoms with E-state index in [0.717, 1.165) is 0 Å². The number of aromatic nitrogens is 2. The van der Waals surface area contributed by atoms with Crippen LogP contribution in [0.15, 0.2) is 6.20 Å². The standard InChI is InChI=1S/C13H15F3N4O/c1-20-7-9(6-17)11(19-20)18-12(21)8-2-4-10(5-3-8)13(14,15)16/h7-8,10H,2-5H2,1H3,(H,18,19,21). The highest BCUT2D eigenvalue weighted by Crippen LogP contribution is 2.39. The zero-order valence-corrected chi connectivity index (χ0v) is 11.4. The number of nitrogens with zero attached hydrogens (tertiary/aromatic N) is 3. The predicted octanol–water partition coefficient (Wildman–Crippen LogP) is 2.60. The van der Waals surface area contributed by atoms with E-state index in [2.05, 4.69) is 10.4 Å². The average molecular weight is 300 g/mol. The van der Waals surface area contributed by atoms with Crippen molar-refractivity contribution in [2.24, 2.45) is 18.9 Å². The van der Waals surface area contributed by atoms with E-state index in [1.807, 2.05) is 6.07 Å². The van der Waals surface area contributed by atoms with E-state index < -0.39 is 18.0 Å². The summed E-state index contributed by atoms with van der Waals surface area (Å²) in [5.41, 5.74) is 0.231. The maximum Gasteiger partial charge on any atom is 0.391 e. The third kappa shape index (κ3) is 3.54. The number of nitriles is 1. The molecule has 0 aromatic carbocycles. The minimum Gasteiger partial charge on any atom is -0.308 e. The molecule has 2 rings (SSSR count). The van der Waals surface area contributed by atoms with Crippen molar-refractivity contribution in [2.75, 3.05) is 5.32 Å². The lowest BCUT2D eigenvalue weighted by Crippen LogP contribution is -2.32. The maximum atomic E-state index is 12.6. The molecular formula is C13H15F3N4O. The summed E-state index contributed by atoms with van der Waals surface area (Å²) in [4.78, 5) is 12.1. The molecule has 114 valence electrons. The zero-order chi connectivity index (χ0) is 15.6. The average Bonchev–Trinajstić information content (AvgIpc) is 2.78. The lowest BCUT2D eigenvalue weighted by molar-refractivity contribution is -0.184. The topological polar surface area (TPSA) is 70.7 Å². The van der Waals surface area contributed by atoms with Crippen molar-refractivity contribution < 1.29 is 18.0 Å². The largest absolute Gasteiger partial charge is 0.391 e. The van der Waals surface area contributed by atoms with Crippen LogP contribution in [0.25, 0.3) is 0 Å². The predicted molar refractivity (Wildman–Crippen MR) is 68.1 cm³/mol. The first-order chi connectivity index (χ1) is 9.81. The minimum absolute atomic E-state index is 0.0328. The number of alkyl halides is 3. The number of carbonyl (C=O) groups excluding carboxylic acids is 1. The lowest BCUT2D eigenvalue weighted by atomic mass is 9.81. The SMILES string of the molecule is Cn1cc(C#N)c(NC(=O)C2CCC(C(F)(F)F)CC2)n1. The molecule has 1 N–H and O–H groups in total. The third-order valence-corrected chi connectivity index (χ3v) is 3.75. The molecule has 1 amide bonds. The quantitative estimate of drug-likeness (QED) is 0.912. The van der Waals surface area contributed by atoms with Crippen molar-refractivity contribution in [3.63, 3.8) is 0 Å².